The van der Waals surface area contributed by atoms with Gasteiger partial charge in [0.1, 0.15) is 0 Å². The minimum Gasteiger partial charge on any atom is -0.478 e. The van der Waals surface area contributed by atoms with Crippen LogP contribution in [-0.2, 0) is 0 Å². The van der Waals surface area contributed by atoms with Gasteiger partial charge in [-0.15, -0.1) is 11.3 Å². The van der Waals surface area contributed by atoms with Gasteiger partial charge in [-0.3, -0.25) is 4.79 Å². The molecule has 1 aliphatic rings. The molecular formula is C15H8O3S. The molecule has 0 atom stereocenters. The van der Waals surface area contributed by atoms with E-state index in [0.717, 1.165) is 0 Å². The Kier molecular flexibility index (Phi) is 2.69. The molecule has 4 heteroatoms. The molecule has 0 saturated heterocycles. The zero-order chi connectivity index (χ0) is 13.4. The summed E-state index contributed by atoms with van der Waals surface area (Å²) in [6.45, 7) is 0. The first kappa shape index (κ1) is 11.7. The van der Waals surface area contributed by atoms with Crippen LogP contribution in [-0.4, -0.2) is 11.1 Å². The maximum Gasteiger partial charge on any atom is 0.337 e. The van der Waals surface area contributed by atoms with Gasteiger partial charge in [0.2, 0.25) is 0 Å². The number of hydrogen-bond donors (Lipinski definition) is 1. The van der Waals surface area contributed by atoms with E-state index in [1.165, 1.54) is 17.4 Å². The first-order valence-electron chi connectivity index (χ1n) is 5.67. The molecule has 3 rings (SSSR count). The topological polar surface area (TPSA) is 54.4 Å². The van der Waals surface area contributed by atoms with Crippen molar-refractivity contribution in [3.8, 4) is 11.8 Å². The van der Waals surface area contributed by atoms with Gasteiger partial charge in [0.25, 0.3) is 0 Å². The summed E-state index contributed by atoms with van der Waals surface area (Å²) in [5, 5.41) is 9.63. The number of carboxylic acid groups (broad SMARTS) is 1. The van der Waals surface area contributed by atoms with Gasteiger partial charge in [0, 0.05) is 17.4 Å². The highest BCUT2D eigenvalue weighted by Gasteiger charge is 2.15. The standard InChI is InChI=1S/C15H8O3S/c16-13-9-5-2-1-3-8-12(9)19-14-10(13)6-4-7-11(14)15(17)18/h2,4-7H,1H2,(H,17,18). The Balaban J connectivity index is 2.50. The first-order valence-corrected chi connectivity index (χ1v) is 6.48. The number of allylic oxidation sites excluding steroid dienone is 1. The van der Waals surface area contributed by atoms with Crippen LogP contribution in [0.15, 0.2) is 29.1 Å². The zero-order valence-electron chi connectivity index (χ0n) is 9.77. The zero-order valence-corrected chi connectivity index (χ0v) is 10.6. The van der Waals surface area contributed by atoms with E-state index >= 15 is 0 Å². The Bertz CT molecular complexity index is 847. The molecule has 1 aromatic carbocycles. The maximum atomic E-state index is 12.4. The Morgan fingerprint density at radius 3 is 3.00 bits per heavy atom. The number of hydrogen-bond acceptors (Lipinski definition) is 3. The van der Waals surface area contributed by atoms with E-state index in [-0.39, 0.29) is 11.0 Å². The minimum absolute atomic E-state index is 0.150. The highest BCUT2D eigenvalue weighted by Crippen LogP contribution is 2.26. The molecule has 1 aliphatic carbocycles. The molecule has 1 heterocycles. The van der Waals surface area contributed by atoms with Crippen molar-refractivity contribution in [2.45, 2.75) is 6.42 Å². The van der Waals surface area contributed by atoms with Crippen LogP contribution >= 0.6 is 11.3 Å². The first-order chi connectivity index (χ1) is 9.18. The van der Waals surface area contributed by atoms with Crippen molar-refractivity contribution in [1.29, 1.82) is 0 Å². The Morgan fingerprint density at radius 2 is 2.21 bits per heavy atom. The van der Waals surface area contributed by atoms with Crippen molar-refractivity contribution in [1.82, 2.24) is 0 Å². The van der Waals surface area contributed by atoms with E-state index in [0.29, 0.717) is 26.9 Å². The molecule has 2 aromatic rings. The van der Waals surface area contributed by atoms with E-state index in [1.54, 1.807) is 18.2 Å². The van der Waals surface area contributed by atoms with Crippen LogP contribution in [0.4, 0.5) is 0 Å². The van der Waals surface area contributed by atoms with E-state index in [2.05, 4.69) is 11.8 Å². The summed E-state index contributed by atoms with van der Waals surface area (Å²) in [7, 11) is 0. The van der Waals surface area contributed by atoms with E-state index in [9.17, 15) is 14.7 Å². The number of rotatable bonds is 1. The maximum absolute atomic E-state index is 12.4. The average Bonchev–Trinajstić information content (AvgIpc) is 2.63. The third-order valence-corrected chi connectivity index (χ3v) is 4.06. The molecule has 0 radical (unpaired) electrons. The van der Waals surface area contributed by atoms with E-state index in [1.807, 2.05) is 6.08 Å². The second-order valence-corrected chi connectivity index (χ2v) is 5.09. The monoisotopic (exact) mass is 268 g/mol. The number of fused-ring (bicyclic) bond motifs is 2. The molecule has 0 bridgehead atoms. The molecule has 19 heavy (non-hydrogen) atoms. The number of aromatic carboxylic acids is 1. The summed E-state index contributed by atoms with van der Waals surface area (Å²) in [6, 6.07) is 4.76. The molecule has 0 fully saturated rings. The molecule has 3 nitrogen and oxygen atoms in total. The Hall–Kier alpha value is -2.38. The third kappa shape index (κ3) is 1.85. The van der Waals surface area contributed by atoms with Gasteiger partial charge in [0.15, 0.2) is 5.43 Å². The number of benzene rings is 1. The van der Waals surface area contributed by atoms with Crippen LogP contribution in [0, 0.1) is 11.8 Å². The van der Waals surface area contributed by atoms with Gasteiger partial charge in [0.05, 0.1) is 15.1 Å². The number of carboxylic acids is 1. The molecule has 0 amide bonds. The molecule has 1 N–H and O–H groups in total. The van der Waals surface area contributed by atoms with Gasteiger partial charge in [-0.1, -0.05) is 30.1 Å². The Morgan fingerprint density at radius 1 is 1.37 bits per heavy atom. The normalized spacial score (nSPS) is 12.4. The molecule has 92 valence electrons. The quantitative estimate of drug-likeness (QED) is 0.809. The van der Waals surface area contributed by atoms with E-state index < -0.39 is 5.97 Å². The van der Waals surface area contributed by atoms with Crippen molar-refractivity contribution in [3.63, 3.8) is 0 Å². The van der Waals surface area contributed by atoms with Crippen molar-refractivity contribution in [3.05, 3.63) is 50.5 Å². The largest absolute Gasteiger partial charge is 0.478 e. The summed E-state index contributed by atoms with van der Waals surface area (Å²) in [4.78, 5) is 24.3. The van der Waals surface area contributed by atoms with Gasteiger partial charge in [-0.25, -0.2) is 4.79 Å². The molecule has 0 saturated carbocycles. The fourth-order valence-electron chi connectivity index (χ4n) is 2.01. The summed E-state index contributed by atoms with van der Waals surface area (Å²) < 4.78 is 0.489. The molecular weight excluding hydrogens is 260 g/mol. The predicted octanol–water partition coefficient (Wildman–Crippen LogP) is 2.73. The third-order valence-electron chi connectivity index (χ3n) is 2.89. The van der Waals surface area contributed by atoms with Crippen LogP contribution in [0.1, 0.15) is 27.2 Å². The van der Waals surface area contributed by atoms with Gasteiger partial charge < -0.3 is 5.11 Å². The summed E-state index contributed by atoms with van der Waals surface area (Å²) >= 11 is 1.27. The van der Waals surface area contributed by atoms with Gasteiger partial charge >= 0.3 is 5.97 Å². The van der Waals surface area contributed by atoms with Crippen LogP contribution in [0.25, 0.3) is 16.2 Å². The lowest BCUT2D eigenvalue weighted by Gasteiger charge is -2.04. The highest BCUT2D eigenvalue weighted by molar-refractivity contribution is 7.19. The summed E-state index contributed by atoms with van der Waals surface area (Å²) in [6.07, 6.45) is 4.21. The lowest BCUT2D eigenvalue weighted by Crippen LogP contribution is -2.08. The number of carbonyl (C=O) groups is 1. The summed E-state index contributed by atoms with van der Waals surface area (Å²) in [5.41, 5.74) is 0.557. The fraction of sp³-hybridized carbons (Fsp3) is 0.0667. The molecule has 0 unspecified atom stereocenters. The molecule has 0 spiro atoms. The van der Waals surface area contributed by atoms with Crippen LogP contribution in [0.5, 0.6) is 0 Å². The SMILES string of the molecule is O=C(O)c1cccc2c(=O)c3c(sc12)C#CCC=C3. The van der Waals surface area contributed by atoms with Gasteiger partial charge in [-0.05, 0) is 12.1 Å². The van der Waals surface area contributed by atoms with Gasteiger partial charge in [-0.2, -0.15) is 0 Å². The fourth-order valence-corrected chi connectivity index (χ4v) is 3.14. The second kappa shape index (κ2) is 4.38. The van der Waals surface area contributed by atoms with Crippen molar-refractivity contribution in [2.24, 2.45) is 0 Å². The Labute approximate surface area is 112 Å². The van der Waals surface area contributed by atoms with Crippen LogP contribution in [0.3, 0.4) is 0 Å². The highest BCUT2D eigenvalue weighted by atomic mass is 32.1. The van der Waals surface area contributed by atoms with Crippen molar-refractivity contribution < 1.29 is 9.90 Å². The van der Waals surface area contributed by atoms with Crippen molar-refractivity contribution >= 4 is 33.5 Å². The molecule has 1 aromatic heterocycles. The lowest BCUT2D eigenvalue weighted by molar-refractivity contribution is 0.0699. The minimum atomic E-state index is -1.03. The van der Waals surface area contributed by atoms with Crippen LogP contribution < -0.4 is 5.43 Å². The molecule has 0 aliphatic heterocycles. The lowest BCUT2D eigenvalue weighted by atomic mass is 10.1. The summed E-state index contributed by atoms with van der Waals surface area (Å²) in [5.74, 6) is 4.84. The second-order valence-electron chi connectivity index (χ2n) is 4.07. The smallest absolute Gasteiger partial charge is 0.337 e. The van der Waals surface area contributed by atoms with E-state index in [4.69, 9.17) is 0 Å². The predicted molar refractivity (Wildman–Crippen MR) is 75.6 cm³/mol. The van der Waals surface area contributed by atoms with Crippen molar-refractivity contribution in [2.75, 3.05) is 0 Å². The van der Waals surface area contributed by atoms with Crippen LogP contribution in [0.2, 0.25) is 0 Å². The average molecular weight is 268 g/mol.